The van der Waals surface area contributed by atoms with E-state index in [0.29, 0.717) is 5.69 Å². The molecular weight excluding hydrogens is 504 g/mol. The normalized spacial score (nSPS) is 22.9. The topological polar surface area (TPSA) is 176 Å². The molecule has 0 unspecified atom stereocenters. The Kier molecular flexibility index (Phi) is 8.14. The number of carbonyl (C=O) groups excluding carboxylic acids is 4. The van der Waals surface area contributed by atoms with Gasteiger partial charge in [-0.1, -0.05) is 11.3 Å². The lowest BCUT2D eigenvalue weighted by molar-refractivity contribution is -0.166. The van der Waals surface area contributed by atoms with Crippen LogP contribution in [-0.2, 0) is 38.1 Å². The van der Waals surface area contributed by atoms with Gasteiger partial charge in [-0.15, -0.1) is 10.2 Å². The number of aromatic nitrogens is 6. The van der Waals surface area contributed by atoms with Crippen molar-refractivity contribution in [2.24, 2.45) is 0 Å². The van der Waals surface area contributed by atoms with E-state index in [1.54, 1.807) is 6.20 Å². The summed E-state index contributed by atoms with van der Waals surface area (Å²) in [5, 5.41) is 12.7. The van der Waals surface area contributed by atoms with Crippen molar-refractivity contribution < 1.29 is 42.9 Å². The highest BCUT2D eigenvalue weighted by Gasteiger charge is 2.52. The van der Waals surface area contributed by atoms with E-state index in [2.05, 4.69) is 26.5 Å². The molecule has 15 heteroatoms. The molecule has 1 fully saturated rings. The van der Waals surface area contributed by atoms with Crippen LogP contribution in [-0.4, -0.2) is 85.7 Å². The molecule has 0 saturated carbocycles. The highest BCUT2D eigenvalue weighted by molar-refractivity contribution is 5.85. The summed E-state index contributed by atoms with van der Waals surface area (Å²) < 4.78 is 29.0. The summed E-state index contributed by atoms with van der Waals surface area (Å²) >= 11 is 0. The molecule has 2 aromatic heterocycles. The molecule has 0 amide bonds. The molecule has 0 radical (unpaired) electrons. The predicted molar refractivity (Wildman–Crippen MR) is 124 cm³/mol. The van der Waals surface area contributed by atoms with Crippen LogP contribution in [0.25, 0.3) is 11.5 Å². The van der Waals surface area contributed by atoms with E-state index in [9.17, 15) is 19.2 Å². The number of esters is 4. The van der Waals surface area contributed by atoms with E-state index in [1.165, 1.54) is 18.5 Å². The maximum Gasteiger partial charge on any atom is 0.376 e. The van der Waals surface area contributed by atoms with Crippen molar-refractivity contribution in [2.45, 2.75) is 71.0 Å². The summed E-state index contributed by atoms with van der Waals surface area (Å²) in [6.45, 7) is 3.20. The molecular formula is C23H28N6O9. The first-order valence-electron chi connectivity index (χ1n) is 12.0. The third-order valence-electron chi connectivity index (χ3n) is 5.89. The molecule has 15 nitrogen and oxygen atoms in total. The molecule has 0 aromatic carbocycles. The van der Waals surface area contributed by atoms with E-state index in [0.717, 1.165) is 50.0 Å². The highest BCUT2D eigenvalue weighted by atomic mass is 16.7. The van der Waals surface area contributed by atoms with Gasteiger partial charge in [0.05, 0.1) is 13.3 Å². The van der Waals surface area contributed by atoms with Gasteiger partial charge in [0.1, 0.15) is 18.4 Å². The average Bonchev–Trinajstić information content (AvgIpc) is 3.60. The van der Waals surface area contributed by atoms with E-state index >= 15 is 0 Å². The van der Waals surface area contributed by atoms with Gasteiger partial charge in [0.2, 0.25) is 5.82 Å². The Labute approximate surface area is 217 Å². The maximum absolute atomic E-state index is 12.7. The number of nitrogens with zero attached hydrogens (tertiary/aromatic N) is 6. The molecule has 1 saturated heterocycles. The minimum atomic E-state index is -1.30. The fourth-order valence-electron chi connectivity index (χ4n) is 4.29. The average molecular weight is 533 g/mol. The van der Waals surface area contributed by atoms with Gasteiger partial charge in [0.15, 0.2) is 18.4 Å². The van der Waals surface area contributed by atoms with Crippen LogP contribution < -0.4 is 0 Å². The standard InChI is InChI=1S/C23H28N6O9/c1-12(30)35-11-17-18(36-13(2)31)19(37-14(3)32)21(38-17)29-20(22(33)34-4)24-23(26-29)28-10-16(25-27-28)15-8-6-5-7-9-15/h8,10,17-19,21H,5-7,9,11H2,1-4H3/t17-,18-,19-,21-/m1/s1. The van der Waals surface area contributed by atoms with Gasteiger partial charge >= 0.3 is 23.9 Å². The van der Waals surface area contributed by atoms with Crippen LogP contribution in [0.3, 0.4) is 0 Å². The Balaban J connectivity index is 1.73. The van der Waals surface area contributed by atoms with Crippen LogP contribution in [0.1, 0.15) is 69.0 Å². The van der Waals surface area contributed by atoms with Gasteiger partial charge in [-0.3, -0.25) is 14.4 Å². The molecule has 204 valence electrons. The van der Waals surface area contributed by atoms with Crippen molar-refractivity contribution in [3.05, 3.63) is 23.8 Å². The summed E-state index contributed by atoms with van der Waals surface area (Å²) in [5.41, 5.74) is 1.72. The zero-order chi connectivity index (χ0) is 27.4. The number of carbonyl (C=O) groups is 4. The quantitative estimate of drug-likeness (QED) is 0.347. The lowest BCUT2D eigenvalue weighted by atomic mass is 9.98. The zero-order valence-corrected chi connectivity index (χ0v) is 21.4. The summed E-state index contributed by atoms with van der Waals surface area (Å²) in [4.78, 5) is 52.1. The first kappa shape index (κ1) is 26.9. The fraction of sp³-hybridized carbons (Fsp3) is 0.565. The molecule has 3 heterocycles. The number of ether oxygens (including phenoxy) is 5. The third-order valence-corrected chi connectivity index (χ3v) is 5.89. The van der Waals surface area contributed by atoms with Crippen molar-refractivity contribution in [1.82, 2.24) is 29.8 Å². The molecule has 2 aromatic rings. The van der Waals surface area contributed by atoms with E-state index in [-0.39, 0.29) is 18.4 Å². The first-order chi connectivity index (χ1) is 18.2. The zero-order valence-electron chi connectivity index (χ0n) is 21.4. The van der Waals surface area contributed by atoms with Crippen molar-refractivity contribution in [2.75, 3.05) is 13.7 Å². The molecule has 38 heavy (non-hydrogen) atoms. The van der Waals surface area contributed by atoms with Crippen LogP contribution in [0.5, 0.6) is 0 Å². The van der Waals surface area contributed by atoms with Crippen LogP contribution >= 0.6 is 0 Å². The monoisotopic (exact) mass is 532 g/mol. The van der Waals surface area contributed by atoms with Gasteiger partial charge in [0.25, 0.3) is 5.95 Å². The minimum absolute atomic E-state index is 0.0294. The van der Waals surface area contributed by atoms with Crippen molar-refractivity contribution in [1.29, 1.82) is 0 Å². The summed E-state index contributed by atoms with van der Waals surface area (Å²) in [5.74, 6) is -3.20. The number of methoxy groups -OCH3 is 1. The Morgan fingerprint density at radius 3 is 2.42 bits per heavy atom. The Bertz CT molecular complexity index is 1250. The largest absolute Gasteiger partial charge is 0.463 e. The maximum atomic E-state index is 12.7. The lowest BCUT2D eigenvalue weighted by Gasteiger charge is -2.23. The van der Waals surface area contributed by atoms with E-state index in [4.69, 9.17) is 23.7 Å². The van der Waals surface area contributed by atoms with Crippen LogP contribution in [0.4, 0.5) is 0 Å². The second-order valence-electron chi connectivity index (χ2n) is 8.71. The van der Waals surface area contributed by atoms with Gasteiger partial charge < -0.3 is 23.7 Å². The van der Waals surface area contributed by atoms with Crippen molar-refractivity contribution in [3.63, 3.8) is 0 Å². The van der Waals surface area contributed by atoms with Crippen molar-refractivity contribution in [3.8, 4) is 5.95 Å². The Hall–Kier alpha value is -4.14. The van der Waals surface area contributed by atoms with Crippen LogP contribution in [0.2, 0.25) is 0 Å². The number of rotatable bonds is 8. The minimum Gasteiger partial charge on any atom is -0.463 e. The molecule has 1 aliphatic carbocycles. The lowest BCUT2D eigenvalue weighted by Crippen LogP contribution is -2.41. The van der Waals surface area contributed by atoms with E-state index in [1.807, 2.05) is 0 Å². The first-order valence-corrected chi connectivity index (χ1v) is 12.0. The van der Waals surface area contributed by atoms with Crippen molar-refractivity contribution >= 4 is 29.5 Å². The van der Waals surface area contributed by atoms with Gasteiger partial charge in [-0.05, 0) is 31.3 Å². The smallest absolute Gasteiger partial charge is 0.376 e. The van der Waals surface area contributed by atoms with Gasteiger partial charge in [-0.25, -0.2) is 9.48 Å². The van der Waals surface area contributed by atoms with Gasteiger partial charge in [0, 0.05) is 20.8 Å². The molecule has 4 atom stereocenters. The SMILES string of the molecule is COC(=O)c1nc(-n2cc(C3=CCCCC3)nn2)nn1[C@@H]1O[C@H](COC(C)=O)[C@@H](OC(C)=O)[C@H]1OC(C)=O. The van der Waals surface area contributed by atoms with E-state index < -0.39 is 48.4 Å². The highest BCUT2D eigenvalue weighted by Crippen LogP contribution is 2.35. The third kappa shape index (κ3) is 5.88. The fourth-order valence-corrected chi connectivity index (χ4v) is 4.29. The number of hydrogen-bond donors (Lipinski definition) is 0. The molecule has 2 aliphatic rings. The summed E-state index contributed by atoms with van der Waals surface area (Å²) in [6.07, 6.45) is 2.93. The number of allylic oxidation sites excluding steroid dienone is 2. The predicted octanol–water partition coefficient (Wildman–Crippen LogP) is 0.927. The summed E-state index contributed by atoms with van der Waals surface area (Å²) in [7, 11) is 1.16. The second-order valence-corrected chi connectivity index (χ2v) is 8.71. The molecule has 1 aliphatic heterocycles. The molecule has 0 spiro atoms. The molecule has 4 rings (SSSR count). The Morgan fingerprint density at radius 2 is 1.79 bits per heavy atom. The van der Waals surface area contributed by atoms with Crippen LogP contribution in [0.15, 0.2) is 12.3 Å². The van der Waals surface area contributed by atoms with Gasteiger partial charge in [-0.2, -0.15) is 9.67 Å². The number of hydrogen-bond acceptors (Lipinski definition) is 13. The van der Waals surface area contributed by atoms with Crippen LogP contribution in [0, 0.1) is 0 Å². The second kappa shape index (κ2) is 11.5. The molecule has 0 N–H and O–H groups in total. The Morgan fingerprint density at radius 1 is 1.05 bits per heavy atom. The molecule has 0 bridgehead atoms. The summed E-state index contributed by atoms with van der Waals surface area (Å²) in [6, 6.07) is 0.